The highest BCUT2D eigenvalue weighted by atomic mass is 32.2. The van der Waals surface area contributed by atoms with Gasteiger partial charge in [0.2, 0.25) is 10.0 Å². The van der Waals surface area contributed by atoms with E-state index in [4.69, 9.17) is 9.47 Å². The molecule has 0 spiro atoms. The Labute approximate surface area is 206 Å². The zero-order valence-electron chi connectivity index (χ0n) is 19.4. The highest BCUT2D eigenvalue weighted by Gasteiger charge is 2.41. The number of methoxy groups -OCH3 is 1. The normalized spacial score (nSPS) is 22.3. The molecule has 0 unspecified atom stereocenters. The second kappa shape index (κ2) is 9.00. The molecule has 2 aliphatic rings. The fraction of sp³-hybridized carbons (Fsp3) is 0.571. The van der Waals surface area contributed by atoms with Crippen molar-refractivity contribution in [2.75, 3.05) is 31.8 Å². The quantitative estimate of drug-likeness (QED) is 0.473. The van der Waals surface area contributed by atoms with Gasteiger partial charge in [-0.15, -0.1) is 10.2 Å². The lowest BCUT2D eigenvalue weighted by Gasteiger charge is -2.39. The van der Waals surface area contributed by atoms with E-state index in [1.807, 2.05) is 18.7 Å². The predicted octanol–water partition coefficient (Wildman–Crippen LogP) is 3.11. The van der Waals surface area contributed by atoms with Gasteiger partial charge in [-0.25, -0.2) is 26.4 Å². The minimum absolute atomic E-state index is 0. The van der Waals surface area contributed by atoms with Crippen molar-refractivity contribution in [1.29, 1.82) is 0 Å². The van der Waals surface area contributed by atoms with Crippen LogP contribution in [0.1, 0.15) is 39.5 Å². The summed E-state index contributed by atoms with van der Waals surface area (Å²) in [7, 11) is -2.27. The summed E-state index contributed by atoms with van der Waals surface area (Å²) in [4.78, 5) is 2.09. The van der Waals surface area contributed by atoms with E-state index >= 15 is 0 Å². The van der Waals surface area contributed by atoms with Gasteiger partial charge in [-0.2, -0.15) is 5.10 Å². The minimum Gasteiger partial charge on any atom is -0.382 e. The van der Waals surface area contributed by atoms with Crippen molar-refractivity contribution in [1.82, 2.24) is 24.5 Å². The Kier molecular flexibility index (Phi) is 6.28. The molecule has 5 rings (SSSR count). The summed E-state index contributed by atoms with van der Waals surface area (Å²) >= 11 is 0.755. The number of alkyl halides is 2. The number of aromatic nitrogens is 4. The largest absolute Gasteiger partial charge is 0.382 e. The number of hydrogen-bond donors (Lipinski definition) is 1. The number of anilines is 1. The third-order valence-electron chi connectivity index (χ3n) is 6.27. The van der Waals surface area contributed by atoms with Crippen molar-refractivity contribution in [2.45, 2.75) is 55.7 Å². The summed E-state index contributed by atoms with van der Waals surface area (Å²) in [6, 6.07) is 3.02. The van der Waals surface area contributed by atoms with E-state index in [2.05, 4.69) is 20.0 Å². The number of pyridine rings is 1. The summed E-state index contributed by atoms with van der Waals surface area (Å²) in [5.74, 6) is 0.547. The van der Waals surface area contributed by atoms with Gasteiger partial charge in [-0.3, -0.25) is 0 Å². The fourth-order valence-electron chi connectivity index (χ4n) is 4.10. The molecule has 0 aromatic carbocycles. The lowest BCUT2D eigenvalue weighted by Crippen LogP contribution is -2.50. The van der Waals surface area contributed by atoms with E-state index in [0.717, 1.165) is 24.2 Å². The molecule has 0 bridgehead atoms. The van der Waals surface area contributed by atoms with Crippen LogP contribution in [0.5, 0.6) is 0 Å². The van der Waals surface area contributed by atoms with Gasteiger partial charge in [0.05, 0.1) is 47.5 Å². The second-order valence-corrected chi connectivity index (χ2v) is 11.9. The molecule has 1 aliphatic heterocycles. The summed E-state index contributed by atoms with van der Waals surface area (Å²) in [5.41, 5.74) is 0.401. The Morgan fingerprint density at radius 1 is 1.37 bits per heavy atom. The Morgan fingerprint density at radius 3 is 2.80 bits per heavy atom. The molecule has 0 radical (unpaired) electrons. The van der Waals surface area contributed by atoms with E-state index < -0.39 is 27.0 Å². The number of morpholine rings is 1. The monoisotopic (exact) mass is 530 g/mol. The molecule has 4 heterocycles. The van der Waals surface area contributed by atoms with Crippen LogP contribution >= 0.6 is 11.3 Å². The Bertz CT molecular complexity index is 1350. The maximum absolute atomic E-state index is 13.3. The van der Waals surface area contributed by atoms with Gasteiger partial charge >= 0.3 is 0 Å². The lowest BCUT2D eigenvalue weighted by atomic mass is 10.2. The van der Waals surface area contributed by atoms with Gasteiger partial charge in [-0.05, 0) is 32.8 Å². The van der Waals surface area contributed by atoms with Crippen LogP contribution in [0.25, 0.3) is 16.1 Å². The van der Waals surface area contributed by atoms with E-state index in [0.29, 0.717) is 36.7 Å². The van der Waals surface area contributed by atoms with E-state index in [9.17, 15) is 17.2 Å². The maximum Gasteiger partial charge on any atom is 0.291 e. The number of ether oxygens (including phenoxy) is 2. The van der Waals surface area contributed by atoms with Crippen molar-refractivity contribution in [3.63, 3.8) is 0 Å². The van der Waals surface area contributed by atoms with Crippen molar-refractivity contribution in [3.05, 3.63) is 23.3 Å². The minimum atomic E-state index is -3.86. The second-order valence-electron chi connectivity index (χ2n) is 9.23. The first kappa shape index (κ1) is 24.4. The molecule has 0 amide bonds. The van der Waals surface area contributed by atoms with Crippen LogP contribution in [0.2, 0.25) is 0 Å². The molecule has 1 aliphatic carbocycles. The van der Waals surface area contributed by atoms with Crippen LogP contribution in [0.15, 0.2) is 23.2 Å². The molecular weight excluding hydrogens is 502 g/mol. The first-order chi connectivity index (χ1) is 16.6. The molecule has 35 heavy (non-hydrogen) atoms. The topological polar surface area (TPSA) is 111 Å². The van der Waals surface area contributed by atoms with Gasteiger partial charge in [0.1, 0.15) is 5.82 Å². The number of sulfonamides is 1. The first-order valence-electron chi connectivity index (χ1n) is 11.1. The van der Waals surface area contributed by atoms with Crippen LogP contribution < -0.4 is 9.62 Å². The first-order valence-corrected chi connectivity index (χ1v) is 13.4. The predicted molar refractivity (Wildman–Crippen MR) is 128 cm³/mol. The third-order valence-corrected chi connectivity index (χ3v) is 8.86. The molecule has 2 fully saturated rings. The van der Waals surface area contributed by atoms with Crippen molar-refractivity contribution in [3.8, 4) is 10.6 Å². The molecule has 10 nitrogen and oxygen atoms in total. The van der Waals surface area contributed by atoms with Gasteiger partial charge in [0.15, 0.2) is 10.0 Å². The molecule has 3 aromatic rings. The summed E-state index contributed by atoms with van der Waals surface area (Å²) in [6.07, 6.45) is 0.0734. The van der Waals surface area contributed by atoms with Crippen LogP contribution in [-0.2, 0) is 19.5 Å². The lowest BCUT2D eigenvalue weighted by molar-refractivity contribution is -0.0225. The molecule has 1 saturated heterocycles. The average molecular weight is 531 g/mol. The number of fused-ring (bicyclic) bond motifs is 1. The Morgan fingerprint density at radius 2 is 2.14 bits per heavy atom. The number of nitrogens with one attached hydrogen (secondary N) is 1. The molecular formula is C21H28F2N6O4S2. The smallest absolute Gasteiger partial charge is 0.291 e. The van der Waals surface area contributed by atoms with Crippen molar-refractivity contribution in [2.24, 2.45) is 0 Å². The maximum atomic E-state index is 13.3. The van der Waals surface area contributed by atoms with Crippen LogP contribution in [-0.4, -0.2) is 72.8 Å². The van der Waals surface area contributed by atoms with Crippen LogP contribution in [0.3, 0.4) is 0 Å². The molecule has 1 N–H and O–H groups in total. The van der Waals surface area contributed by atoms with Crippen LogP contribution in [0.4, 0.5) is 14.6 Å². The average Bonchev–Trinajstić information content (AvgIpc) is 3.18. The van der Waals surface area contributed by atoms with E-state index in [-0.39, 0.29) is 23.5 Å². The Hall–Kier alpha value is -2.26. The summed E-state index contributed by atoms with van der Waals surface area (Å²) in [5, 5.41) is 11.8. The highest BCUT2D eigenvalue weighted by molar-refractivity contribution is 7.89. The number of nitrogens with zero attached hydrogens (tertiary/aromatic N) is 5. The zero-order valence-corrected chi connectivity index (χ0v) is 21.1. The Balaban J connectivity index is 0.00000304. The fourth-order valence-corrected chi connectivity index (χ4v) is 6.31. The third kappa shape index (κ3) is 4.77. The van der Waals surface area contributed by atoms with Gasteiger partial charge in [-0.1, -0.05) is 11.3 Å². The number of rotatable bonds is 8. The standard InChI is InChI=1S/C21H26F2N6O4S2.H2/c1-12-10-33-13(11-32-3)9-28(12)17-7-14(35(30,31)27-21(2)4-5-21)6-16-15(8-24-29(16)17)19-25-26-20(34-19)18(22)23;/h6-8,12-13,18,27H,4-5,9-11H2,1-3H3;1H/t12-,13+;/m0./s1. The van der Waals surface area contributed by atoms with Gasteiger partial charge in [0, 0.05) is 26.7 Å². The van der Waals surface area contributed by atoms with E-state index in [1.54, 1.807) is 17.7 Å². The SMILES string of the molecule is COC[C@H]1CN(c2cc(S(=O)(=O)NC3(C)CC3)cc3c(-c4nnc(C(F)F)s4)cnn23)[C@@H](C)CO1.[HH]. The number of hydrogen-bond acceptors (Lipinski definition) is 9. The van der Waals surface area contributed by atoms with Crippen molar-refractivity contribution < 1.29 is 28.1 Å². The number of halogens is 2. The van der Waals surface area contributed by atoms with Crippen LogP contribution in [0, 0.1) is 0 Å². The van der Waals surface area contributed by atoms with Gasteiger partial charge in [0.25, 0.3) is 6.43 Å². The summed E-state index contributed by atoms with van der Waals surface area (Å²) < 4.78 is 68.5. The molecule has 1 saturated carbocycles. The molecule has 2 atom stereocenters. The zero-order chi connectivity index (χ0) is 25.0. The molecule has 3 aromatic heterocycles. The molecule has 14 heteroatoms. The summed E-state index contributed by atoms with van der Waals surface area (Å²) in [6.45, 7) is 5.10. The van der Waals surface area contributed by atoms with Gasteiger partial charge < -0.3 is 14.4 Å². The van der Waals surface area contributed by atoms with E-state index in [1.165, 1.54) is 12.3 Å². The molecule has 192 valence electrons. The van der Waals surface area contributed by atoms with Crippen molar-refractivity contribution >= 4 is 32.7 Å². The highest BCUT2D eigenvalue weighted by Crippen LogP contribution is 2.38.